The molecule has 6 amide bonds. The maximum atomic E-state index is 14.4. The number of nitrogens with one attached hydrogen (secondary N) is 3. The normalized spacial score (nSPS) is 13.0. The lowest BCUT2D eigenvalue weighted by molar-refractivity contribution is -0.148. The number of amides is 6. The Morgan fingerprint density at radius 2 is 1.40 bits per heavy atom. The second-order valence-corrected chi connectivity index (χ2v) is 14.9. The second kappa shape index (κ2) is 22.9. The van der Waals surface area contributed by atoms with Gasteiger partial charge in [0.1, 0.15) is 24.2 Å². The van der Waals surface area contributed by atoms with Gasteiger partial charge < -0.3 is 44.6 Å². The molecule has 0 aliphatic rings. The highest BCUT2D eigenvalue weighted by molar-refractivity contribution is 7.09. The molecule has 1 aromatic heterocycles. The summed E-state index contributed by atoms with van der Waals surface area (Å²) in [5.74, 6) is -4.80. The molecule has 0 aliphatic heterocycles. The number of nitrogens with zero attached hydrogens (tertiary/aromatic N) is 3. The van der Waals surface area contributed by atoms with Crippen molar-refractivity contribution in [1.29, 1.82) is 0 Å². The van der Waals surface area contributed by atoms with Gasteiger partial charge in [0.25, 0.3) is 5.91 Å². The molecule has 0 saturated heterocycles. The van der Waals surface area contributed by atoms with E-state index in [1.54, 1.807) is 66.0 Å². The highest BCUT2D eigenvalue weighted by atomic mass is 32.1. The molecule has 0 radical (unpaired) electrons. The van der Waals surface area contributed by atoms with Crippen LogP contribution in [-0.4, -0.2) is 83.0 Å². The van der Waals surface area contributed by atoms with Crippen molar-refractivity contribution >= 4 is 70.5 Å². The first kappa shape index (κ1) is 45.8. The summed E-state index contributed by atoms with van der Waals surface area (Å²) in [5, 5.41) is 9.94. The van der Waals surface area contributed by atoms with Crippen LogP contribution < -0.4 is 44.6 Å². The summed E-state index contributed by atoms with van der Waals surface area (Å²) >= 11 is 1.33. The van der Waals surface area contributed by atoms with Crippen LogP contribution in [0.3, 0.4) is 0 Å². The number of benzene rings is 2. The fraction of sp³-hybridized carbons (Fsp3) is 0.350. The number of imide groups is 1. The van der Waals surface area contributed by atoms with Crippen molar-refractivity contribution in [2.45, 2.75) is 77.0 Å². The van der Waals surface area contributed by atoms with E-state index in [2.05, 4.69) is 25.9 Å². The Bertz CT molecular complexity index is 1940. The number of nitrogens with two attached hydrogens (primary N) is 5. The molecular formula is C40H53N11O6S. The molecule has 0 aliphatic carbocycles. The standard InChI is InChI=1S/C40H53N11O6S/c1-24(2)21-31(36(55)48-30(35(41)54)12-7-19-46-39(42)43)49-37(56)32(22-27-13-16-28(17-14-27)47-40(44)45)50-38(57)33(23-29-11-8-20-58-29)51(25(3)52)34(53)18-15-26-9-5-4-6-10-26/h4-6,8-11,13-18,20,24,30-33H,7,12,19,21-23H2,1-3H3,(H2,41,54)(H,48,55)(H,49,56)(H,50,57)(H4,42,43,46)(H4,44,45,47)/b18-15+/t30-,31-,32-,33+/m0/s1. The zero-order chi connectivity index (χ0) is 42.8. The van der Waals surface area contributed by atoms with Crippen molar-refractivity contribution in [3.63, 3.8) is 0 Å². The lowest BCUT2D eigenvalue weighted by Crippen LogP contribution is -2.59. The number of hydrogen-bond donors (Lipinski definition) is 8. The molecule has 18 heteroatoms. The predicted octanol–water partition coefficient (Wildman–Crippen LogP) is 0.935. The molecule has 0 unspecified atom stereocenters. The summed E-state index contributed by atoms with van der Waals surface area (Å²) < 4.78 is 0. The van der Waals surface area contributed by atoms with E-state index >= 15 is 0 Å². The molecule has 58 heavy (non-hydrogen) atoms. The number of hydrogen-bond acceptors (Lipinski definition) is 9. The molecule has 0 spiro atoms. The van der Waals surface area contributed by atoms with Crippen molar-refractivity contribution < 1.29 is 28.8 Å². The van der Waals surface area contributed by atoms with Gasteiger partial charge in [0.05, 0.1) is 5.69 Å². The zero-order valence-electron chi connectivity index (χ0n) is 32.8. The minimum Gasteiger partial charge on any atom is -0.370 e. The quantitative estimate of drug-likeness (QED) is 0.0326. The van der Waals surface area contributed by atoms with Gasteiger partial charge in [-0.2, -0.15) is 0 Å². The van der Waals surface area contributed by atoms with Crippen LogP contribution >= 0.6 is 11.3 Å². The second-order valence-electron chi connectivity index (χ2n) is 13.8. The summed E-state index contributed by atoms with van der Waals surface area (Å²) in [7, 11) is 0. The molecule has 4 atom stereocenters. The Morgan fingerprint density at radius 1 is 0.759 bits per heavy atom. The minimum absolute atomic E-state index is 0.0361. The Hall–Kier alpha value is -6.56. The van der Waals surface area contributed by atoms with E-state index in [-0.39, 0.29) is 50.1 Å². The molecule has 3 rings (SSSR count). The summed E-state index contributed by atoms with van der Waals surface area (Å²) in [6.07, 6.45) is 3.25. The van der Waals surface area contributed by atoms with Crippen LogP contribution in [0.1, 0.15) is 56.0 Å². The first-order valence-electron chi connectivity index (χ1n) is 18.6. The van der Waals surface area contributed by atoms with Gasteiger partial charge in [-0.25, -0.2) is 4.99 Å². The van der Waals surface area contributed by atoms with Crippen LogP contribution in [0.25, 0.3) is 6.08 Å². The number of guanidine groups is 2. The van der Waals surface area contributed by atoms with Crippen LogP contribution in [0.5, 0.6) is 0 Å². The Morgan fingerprint density at radius 3 is 1.97 bits per heavy atom. The molecule has 1 heterocycles. The Balaban J connectivity index is 1.98. The molecular weight excluding hydrogens is 763 g/mol. The molecule has 0 fully saturated rings. The van der Waals surface area contributed by atoms with Crippen molar-refractivity contribution in [3.05, 3.63) is 94.2 Å². The van der Waals surface area contributed by atoms with Gasteiger partial charge in [-0.3, -0.25) is 38.7 Å². The Labute approximate surface area is 341 Å². The first-order chi connectivity index (χ1) is 27.5. The van der Waals surface area contributed by atoms with Crippen LogP contribution in [0.15, 0.2) is 88.2 Å². The molecule has 13 N–H and O–H groups in total. The molecule has 3 aromatic rings. The topological polar surface area (TPSA) is 297 Å². The maximum absolute atomic E-state index is 14.4. The van der Waals surface area contributed by atoms with E-state index in [0.717, 1.165) is 4.90 Å². The van der Waals surface area contributed by atoms with Crippen LogP contribution in [0.4, 0.5) is 5.69 Å². The monoisotopic (exact) mass is 815 g/mol. The van der Waals surface area contributed by atoms with E-state index in [4.69, 9.17) is 28.7 Å². The van der Waals surface area contributed by atoms with Gasteiger partial charge in [-0.05, 0) is 66.0 Å². The van der Waals surface area contributed by atoms with E-state index in [1.807, 2.05) is 19.9 Å². The largest absolute Gasteiger partial charge is 0.370 e. The van der Waals surface area contributed by atoms with Crippen molar-refractivity contribution in [2.24, 2.45) is 44.6 Å². The molecule has 17 nitrogen and oxygen atoms in total. The predicted molar refractivity (Wildman–Crippen MR) is 225 cm³/mol. The van der Waals surface area contributed by atoms with Crippen molar-refractivity contribution in [1.82, 2.24) is 20.9 Å². The fourth-order valence-corrected chi connectivity index (χ4v) is 6.61. The molecule has 310 valence electrons. The summed E-state index contributed by atoms with van der Waals surface area (Å²) in [6.45, 7) is 5.07. The first-order valence-corrected chi connectivity index (χ1v) is 19.5. The van der Waals surface area contributed by atoms with Crippen molar-refractivity contribution in [3.8, 4) is 0 Å². The van der Waals surface area contributed by atoms with E-state index < -0.39 is 59.6 Å². The van der Waals surface area contributed by atoms with Gasteiger partial charge in [0, 0.05) is 37.3 Å². The average Bonchev–Trinajstić information content (AvgIpc) is 3.68. The van der Waals surface area contributed by atoms with Crippen LogP contribution in [0.2, 0.25) is 0 Å². The van der Waals surface area contributed by atoms with E-state index in [0.29, 0.717) is 28.1 Å². The fourth-order valence-electron chi connectivity index (χ4n) is 5.87. The zero-order valence-corrected chi connectivity index (χ0v) is 33.6. The SMILES string of the molecule is CC(=O)N(C(=O)/C=C/c1ccccc1)[C@H](Cc1cccs1)C(=O)N[C@@H](Cc1ccc(N=C(N)N)cc1)C(=O)N[C@@H](CC(C)C)C(=O)N[C@@H](CCCN=C(N)N)C(N)=O. The molecule has 0 saturated carbocycles. The number of carbonyl (C=O) groups excluding carboxylic acids is 6. The third kappa shape index (κ3) is 15.5. The lowest BCUT2D eigenvalue weighted by atomic mass is 9.99. The van der Waals surface area contributed by atoms with Crippen LogP contribution in [-0.2, 0) is 41.6 Å². The van der Waals surface area contributed by atoms with Gasteiger partial charge in [-0.15, -0.1) is 11.3 Å². The number of primary amides is 1. The van der Waals surface area contributed by atoms with E-state index in [9.17, 15) is 28.8 Å². The number of aliphatic imine (C=N–C) groups is 2. The van der Waals surface area contributed by atoms with Gasteiger partial charge in [0.15, 0.2) is 11.9 Å². The smallest absolute Gasteiger partial charge is 0.253 e. The van der Waals surface area contributed by atoms with Gasteiger partial charge in [-0.1, -0.05) is 62.4 Å². The highest BCUT2D eigenvalue weighted by Gasteiger charge is 2.36. The summed E-state index contributed by atoms with van der Waals surface area (Å²) in [5.41, 5.74) is 29.1. The van der Waals surface area contributed by atoms with Crippen LogP contribution in [0, 0.1) is 5.92 Å². The average molecular weight is 816 g/mol. The van der Waals surface area contributed by atoms with Gasteiger partial charge in [0.2, 0.25) is 29.5 Å². The number of thiophene rings is 1. The van der Waals surface area contributed by atoms with E-state index in [1.165, 1.54) is 30.4 Å². The maximum Gasteiger partial charge on any atom is 0.253 e. The van der Waals surface area contributed by atoms with Crippen molar-refractivity contribution in [2.75, 3.05) is 6.54 Å². The molecule has 2 aromatic carbocycles. The molecule has 0 bridgehead atoms. The Kier molecular flexibility index (Phi) is 18.1. The lowest BCUT2D eigenvalue weighted by Gasteiger charge is -2.30. The van der Waals surface area contributed by atoms with Gasteiger partial charge >= 0.3 is 0 Å². The number of rotatable bonds is 21. The summed E-state index contributed by atoms with van der Waals surface area (Å²) in [4.78, 5) is 90.9. The minimum atomic E-state index is -1.37. The number of carbonyl (C=O) groups is 6. The highest BCUT2D eigenvalue weighted by Crippen LogP contribution is 2.19. The third-order valence-corrected chi connectivity index (χ3v) is 9.49. The summed E-state index contributed by atoms with van der Waals surface area (Å²) in [6, 6.07) is 14.1. The third-order valence-electron chi connectivity index (χ3n) is 8.60.